The van der Waals surface area contributed by atoms with E-state index in [-0.39, 0.29) is 0 Å². The van der Waals surface area contributed by atoms with Crippen molar-refractivity contribution in [2.24, 2.45) is 0 Å². The number of para-hydroxylation sites is 3. The second kappa shape index (κ2) is 12.5. The summed E-state index contributed by atoms with van der Waals surface area (Å²) >= 11 is 0. The Bertz CT molecular complexity index is 3160. The largest absolute Gasteiger partial charge is 0.309 e. The molecule has 0 saturated carbocycles. The highest BCUT2D eigenvalue weighted by molar-refractivity contribution is 6.26. The maximum Gasteiger partial charge on any atom is 0.101 e. The van der Waals surface area contributed by atoms with Gasteiger partial charge in [0.2, 0.25) is 0 Å². The first-order chi connectivity index (χ1) is 26.7. The molecule has 2 heterocycles. The smallest absolute Gasteiger partial charge is 0.101 e. The fraction of sp³-hybridized carbons (Fsp3) is 0. The standard InChI is InChI=1S/C50H30N4/c51-31-36-25-24-35(28-37(36)32-52)42-29-44(34-16-6-2-7-17-34)48(30-43(42)33-14-4-1-5-15-33)54-45-22-12-10-20-39(45)40-26-27-47-49(50(40)54)41-21-11-13-23-46(41)53(47)38-18-8-3-9-19-38/h1-30H. The van der Waals surface area contributed by atoms with Crippen LogP contribution < -0.4 is 0 Å². The maximum atomic E-state index is 10.0. The van der Waals surface area contributed by atoms with Gasteiger partial charge in [0.1, 0.15) is 12.1 Å². The Morgan fingerprint density at radius 3 is 1.63 bits per heavy atom. The van der Waals surface area contributed by atoms with E-state index < -0.39 is 0 Å². The molecule has 10 aromatic rings. The topological polar surface area (TPSA) is 57.4 Å². The molecule has 0 aliphatic carbocycles. The first-order valence-corrected chi connectivity index (χ1v) is 18.0. The highest BCUT2D eigenvalue weighted by Crippen LogP contribution is 2.46. The average molecular weight is 687 g/mol. The molecular weight excluding hydrogens is 657 g/mol. The van der Waals surface area contributed by atoms with Gasteiger partial charge in [0.25, 0.3) is 0 Å². The van der Waals surface area contributed by atoms with Crippen molar-refractivity contribution in [3.8, 4) is 56.9 Å². The molecule has 0 spiro atoms. The lowest BCUT2D eigenvalue weighted by Crippen LogP contribution is -2.01. The monoisotopic (exact) mass is 686 g/mol. The zero-order valence-corrected chi connectivity index (χ0v) is 29.1. The molecule has 4 heteroatoms. The number of nitrogens with zero attached hydrogens (tertiary/aromatic N) is 4. The molecule has 0 radical (unpaired) electrons. The number of fused-ring (bicyclic) bond motifs is 7. The number of nitriles is 2. The van der Waals surface area contributed by atoms with Crippen molar-refractivity contribution in [2.75, 3.05) is 0 Å². The van der Waals surface area contributed by atoms with Gasteiger partial charge >= 0.3 is 0 Å². The molecule has 0 N–H and O–H groups in total. The van der Waals surface area contributed by atoms with E-state index in [0.717, 1.165) is 66.8 Å². The summed E-state index contributed by atoms with van der Waals surface area (Å²) in [4.78, 5) is 0. The summed E-state index contributed by atoms with van der Waals surface area (Å²) in [5.41, 5.74) is 13.5. The van der Waals surface area contributed by atoms with Crippen LogP contribution in [0.3, 0.4) is 0 Å². The summed E-state index contributed by atoms with van der Waals surface area (Å²) in [5, 5.41) is 24.5. The zero-order chi connectivity index (χ0) is 36.2. The summed E-state index contributed by atoms with van der Waals surface area (Å²) in [6, 6.07) is 68.1. The molecule has 10 rings (SSSR count). The summed E-state index contributed by atoms with van der Waals surface area (Å²) < 4.78 is 4.84. The number of benzene rings is 8. The number of hydrogen-bond acceptors (Lipinski definition) is 2. The van der Waals surface area contributed by atoms with E-state index in [1.807, 2.05) is 24.3 Å². The van der Waals surface area contributed by atoms with Gasteiger partial charge in [-0.1, -0.05) is 127 Å². The molecule has 0 aliphatic heterocycles. The third-order valence-corrected chi connectivity index (χ3v) is 10.6. The molecule has 0 saturated heterocycles. The van der Waals surface area contributed by atoms with Crippen LogP contribution in [0.2, 0.25) is 0 Å². The Balaban J connectivity index is 1.40. The Morgan fingerprint density at radius 1 is 0.370 bits per heavy atom. The third-order valence-electron chi connectivity index (χ3n) is 10.6. The van der Waals surface area contributed by atoms with E-state index in [4.69, 9.17) is 0 Å². The first kappa shape index (κ1) is 31.1. The average Bonchev–Trinajstić information content (AvgIpc) is 3.77. The molecule has 250 valence electrons. The highest BCUT2D eigenvalue weighted by atomic mass is 15.0. The second-order valence-corrected chi connectivity index (χ2v) is 13.5. The molecular formula is C50H30N4. The molecule has 0 fully saturated rings. The van der Waals surface area contributed by atoms with Crippen molar-refractivity contribution < 1.29 is 0 Å². The maximum absolute atomic E-state index is 10.0. The highest BCUT2D eigenvalue weighted by Gasteiger charge is 2.24. The van der Waals surface area contributed by atoms with Gasteiger partial charge in [-0.2, -0.15) is 10.5 Å². The molecule has 0 atom stereocenters. The van der Waals surface area contributed by atoms with Crippen LogP contribution in [0.25, 0.3) is 88.4 Å². The Labute approximate surface area is 312 Å². The molecule has 0 bridgehead atoms. The molecule has 0 amide bonds. The summed E-state index contributed by atoms with van der Waals surface area (Å²) in [6.45, 7) is 0. The number of aromatic nitrogens is 2. The minimum absolute atomic E-state index is 0.360. The van der Waals surface area contributed by atoms with Gasteiger partial charge in [-0.25, -0.2) is 0 Å². The van der Waals surface area contributed by atoms with Crippen LogP contribution in [0.5, 0.6) is 0 Å². The van der Waals surface area contributed by atoms with Crippen LogP contribution in [0.15, 0.2) is 182 Å². The van der Waals surface area contributed by atoms with Crippen molar-refractivity contribution in [3.63, 3.8) is 0 Å². The molecule has 2 aromatic heterocycles. The van der Waals surface area contributed by atoms with Crippen molar-refractivity contribution in [2.45, 2.75) is 0 Å². The van der Waals surface area contributed by atoms with Gasteiger partial charge in [0.15, 0.2) is 0 Å². The van der Waals surface area contributed by atoms with Gasteiger partial charge in [-0.05, 0) is 82.4 Å². The van der Waals surface area contributed by atoms with E-state index in [1.165, 1.54) is 21.5 Å². The van der Waals surface area contributed by atoms with Gasteiger partial charge in [-0.3, -0.25) is 0 Å². The molecule has 8 aromatic carbocycles. The van der Waals surface area contributed by atoms with Gasteiger partial charge in [0, 0.05) is 32.8 Å². The number of hydrogen-bond donors (Lipinski definition) is 0. The van der Waals surface area contributed by atoms with Crippen LogP contribution in [0.4, 0.5) is 0 Å². The first-order valence-electron chi connectivity index (χ1n) is 18.0. The molecule has 0 unspecified atom stereocenters. The van der Waals surface area contributed by atoms with E-state index >= 15 is 0 Å². The number of rotatable bonds is 5. The Morgan fingerprint density at radius 2 is 0.944 bits per heavy atom. The van der Waals surface area contributed by atoms with Gasteiger partial charge in [0.05, 0.1) is 38.9 Å². The van der Waals surface area contributed by atoms with Crippen molar-refractivity contribution in [1.82, 2.24) is 9.13 Å². The Kier molecular flexibility index (Phi) is 7.22. The quantitative estimate of drug-likeness (QED) is 0.181. The summed E-state index contributed by atoms with van der Waals surface area (Å²) in [6.07, 6.45) is 0. The minimum Gasteiger partial charge on any atom is -0.309 e. The second-order valence-electron chi connectivity index (χ2n) is 13.5. The zero-order valence-electron chi connectivity index (χ0n) is 29.1. The molecule has 4 nitrogen and oxygen atoms in total. The van der Waals surface area contributed by atoms with E-state index in [9.17, 15) is 10.5 Å². The fourth-order valence-corrected chi connectivity index (χ4v) is 8.23. The van der Waals surface area contributed by atoms with Crippen molar-refractivity contribution >= 4 is 43.6 Å². The van der Waals surface area contributed by atoms with Gasteiger partial charge in [-0.15, -0.1) is 0 Å². The normalized spacial score (nSPS) is 11.3. The molecule has 0 aliphatic rings. The van der Waals surface area contributed by atoms with Crippen LogP contribution >= 0.6 is 0 Å². The van der Waals surface area contributed by atoms with Crippen LogP contribution in [-0.2, 0) is 0 Å². The lowest BCUT2D eigenvalue weighted by Gasteiger charge is -2.20. The lowest BCUT2D eigenvalue weighted by molar-refractivity contribution is 1.17. The van der Waals surface area contributed by atoms with Crippen LogP contribution in [0, 0.1) is 22.7 Å². The third kappa shape index (κ3) is 4.76. The van der Waals surface area contributed by atoms with Crippen LogP contribution in [-0.4, -0.2) is 9.13 Å². The fourth-order valence-electron chi connectivity index (χ4n) is 8.23. The van der Waals surface area contributed by atoms with Gasteiger partial charge < -0.3 is 9.13 Å². The van der Waals surface area contributed by atoms with Crippen molar-refractivity contribution in [3.05, 3.63) is 193 Å². The summed E-state index contributed by atoms with van der Waals surface area (Å²) in [5.74, 6) is 0. The van der Waals surface area contributed by atoms with Crippen LogP contribution in [0.1, 0.15) is 11.1 Å². The molecule has 54 heavy (non-hydrogen) atoms. The van der Waals surface area contributed by atoms with E-state index in [2.05, 4.69) is 173 Å². The predicted octanol–water partition coefficient (Wildman–Crippen LogP) is 12.6. The SMILES string of the molecule is N#Cc1ccc(-c2cc(-c3ccccc3)c(-n3c4ccccc4c4ccc5c(c6ccccc6n5-c5ccccc5)c43)cc2-c2ccccc2)cc1C#N. The van der Waals surface area contributed by atoms with E-state index in [0.29, 0.717) is 11.1 Å². The summed E-state index contributed by atoms with van der Waals surface area (Å²) in [7, 11) is 0. The lowest BCUT2D eigenvalue weighted by atomic mass is 9.88. The van der Waals surface area contributed by atoms with Crippen molar-refractivity contribution in [1.29, 1.82) is 10.5 Å². The predicted molar refractivity (Wildman–Crippen MR) is 221 cm³/mol. The van der Waals surface area contributed by atoms with E-state index in [1.54, 1.807) is 6.07 Å². The Hall–Kier alpha value is -7.66. The minimum atomic E-state index is 0.360.